The lowest BCUT2D eigenvalue weighted by Crippen LogP contribution is -2.45. The minimum absolute atomic E-state index is 0.138. The number of aliphatic imine (C=N–C) groups is 1. The van der Waals surface area contributed by atoms with Gasteiger partial charge in [-0.05, 0) is 19.3 Å². The summed E-state index contributed by atoms with van der Waals surface area (Å²) in [6.45, 7) is 3.03. The number of aliphatic hydroxyl groups excluding tert-OH is 1. The van der Waals surface area contributed by atoms with E-state index in [1.54, 1.807) is 7.05 Å². The zero-order valence-electron chi connectivity index (χ0n) is 11.4. The van der Waals surface area contributed by atoms with Crippen LogP contribution >= 0.6 is 0 Å². The molecule has 2 aliphatic rings. The largest absolute Gasteiger partial charge is 0.395 e. The lowest BCUT2D eigenvalue weighted by atomic mass is 10.2. The maximum atomic E-state index is 8.80. The Morgan fingerprint density at radius 2 is 2.11 bits per heavy atom. The van der Waals surface area contributed by atoms with Gasteiger partial charge < -0.3 is 15.7 Å². The Balaban J connectivity index is 1.74. The highest BCUT2D eigenvalue weighted by Crippen LogP contribution is 2.26. The van der Waals surface area contributed by atoms with Gasteiger partial charge in [0.15, 0.2) is 5.96 Å². The lowest BCUT2D eigenvalue weighted by Gasteiger charge is -2.24. The van der Waals surface area contributed by atoms with Crippen LogP contribution in [0.1, 0.15) is 32.1 Å². The lowest BCUT2D eigenvalue weighted by molar-refractivity contribution is 0.242. The van der Waals surface area contributed by atoms with Gasteiger partial charge in [0.25, 0.3) is 0 Å². The molecule has 1 unspecified atom stereocenters. The fourth-order valence-corrected chi connectivity index (χ4v) is 3.07. The average Bonchev–Trinajstić information content (AvgIpc) is 3.04. The molecule has 104 valence electrons. The highest BCUT2D eigenvalue weighted by molar-refractivity contribution is 5.79. The van der Waals surface area contributed by atoms with Crippen LogP contribution in [-0.4, -0.2) is 61.3 Å². The molecule has 0 aromatic rings. The summed E-state index contributed by atoms with van der Waals surface area (Å²) in [5, 5.41) is 15.3. The number of hydrogen-bond donors (Lipinski definition) is 3. The second-order valence-electron chi connectivity index (χ2n) is 5.29. The molecule has 1 aliphatic carbocycles. The Hall–Kier alpha value is -0.810. The van der Waals surface area contributed by atoms with Gasteiger partial charge in [0, 0.05) is 38.8 Å². The van der Waals surface area contributed by atoms with E-state index in [4.69, 9.17) is 5.11 Å². The zero-order chi connectivity index (χ0) is 12.8. The molecule has 1 saturated carbocycles. The molecule has 0 spiro atoms. The molecule has 3 N–H and O–H groups in total. The number of hydrogen-bond acceptors (Lipinski definition) is 3. The summed E-state index contributed by atoms with van der Waals surface area (Å²) in [5.74, 6) is 0.808. The summed E-state index contributed by atoms with van der Waals surface area (Å²) in [4.78, 5) is 6.81. The SMILES string of the molecule is CN=C(NCCO)NC1CCN(C2CCCC2)C1. The van der Waals surface area contributed by atoms with E-state index in [0.29, 0.717) is 12.6 Å². The fraction of sp³-hybridized carbons (Fsp3) is 0.923. The van der Waals surface area contributed by atoms with Crippen LogP contribution in [0, 0.1) is 0 Å². The molecule has 0 radical (unpaired) electrons. The molecule has 2 fully saturated rings. The summed E-state index contributed by atoms with van der Waals surface area (Å²) in [6, 6.07) is 1.32. The predicted molar refractivity (Wildman–Crippen MR) is 73.8 cm³/mol. The van der Waals surface area contributed by atoms with Crippen molar-refractivity contribution < 1.29 is 5.11 Å². The third-order valence-electron chi connectivity index (χ3n) is 4.03. The van der Waals surface area contributed by atoms with Crippen LogP contribution in [0.25, 0.3) is 0 Å². The standard InChI is InChI=1S/C13H26N4O/c1-14-13(15-7-9-18)16-11-6-8-17(10-11)12-4-2-3-5-12/h11-12,18H,2-10H2,1H3,(H2,14,15,16). The maximum absolute atomic E-state index is 8.80. The van der Waals surface area contributed by atoms with E-state index in [-0.39, 0.29) is 6.61 Å². The first kappa shape index (κ1) is 13.6. The Bertz CT molecular complexity index is 276. The van der Waals surface area contributed by atoms with E-state index in [0.717, 1.165) is 18.5 Å². The van der Waals surface area contributed by atoms with Gasteiger partial charge in [-0.3, -0.25) is 9.89 Å². The summed E-state index contributed by atoms with van der Waals surface area (Å²) >= 11 is 0. The number of nitrogens with zero attached hydrogens (tertiary/aromatic N) is 2. The first-order valence-electron chi connectivity index (χ1n) is 7.15. The summed E-state index contributed by atoms with van der Waals surface area (Å²) in [5.41, 5.74) is 0. The van der Waals surface area contributed by atoms with E-state index in [1.165, 1.54) is 38.6 Å². The van der Waals surface area contributed by atoms with Crippen molar-refractivity contribution in [3.8, 4) is 0 Å². The summed E-state index contributed by atoms with van der Waals surface area (Å²) in [7, 11) is 1.77. The highest BCUT2D eigenvalue weighted by atomic mass is 16.3. The van der Waals surface area contributed by atoms with E-state index >= 15 is 0 Å². The molecular formula is C13H26N4O. The van der Waals surface area contributed by atoms with Crippen LogP contribution in [0.5, 0.6) is 0 Å². The number of guanidine groups is 1. The van der Waals surface area contributed by atoms with Gasteiger partial charge in [0.05, 0.1) is 6.61 Å². The Kier molecular flexibility index (Phi) is 5.26. The molecule has 1 saturated heterocycles. The van der Waals surface area contributed by atoms with Gasteiger partial charge in [-0.1, -0.05) is 12.8 Å². The third kappa shape index (κ3) is 3.59. The predicted octanol–water partition coefficient (Wildman–Crippen LogP) is 0.161. The van der Waals surface area contributed by atoms with E-state index in [9.17, 15) is 0 Å². The number of rotatable bonds is 4. The second kappa shape index (κ2) is 6.95. The highest BCUT2D eigenvalue weighted by Gasteiger charge is 2.30. The molecule has 5 nitrogen and oxygen atoms in total. The number of likely N-dealkylation sites (tertiary alicyclic amines) is 1. The second-order valence-corrected chi connectivity index (χ2v) is 5.29. The molecule has 0 aromatic heterocycles. The minimum Gasteiger partial charge on any atom is -0.395 e. The monoisotopic (exact) mass is 254 g/mol. The van der Waals surface area contributed by atoms with E-state index in [2.05, 4.69) is 20.5 Å². The fourth-order valence-electron chi connectivity index (χ4n) is 3.07. The van der Waals surface area contributed by atoms with Crippen LogP contribution in [0.2, 0.25) is 0 Å². The Morgan fingerprint density at radius 3 is 2.78 bits per heavy atom. The summed E-state index contributed by atoms with van der Waals surface area (Å²) in [6.07, 6.45) is 6.75. The Morgan fingerprint density at radius 1 is 1.33 bits per heavy atom. The summed E-state index contributed by atoms with van der Waals surface area (Å²) < 4.78 is 0. The van der Waals surface area contributed by atoms with Gasteiger partial charge in [0.2, 0.25) is 0 Å². The van der Waals surface area contributed by atoms with Crippen LogP contribution in [0.15, 0.2) is 4.99 Å². The van der Waals surface area contributed by atoms with E-state index in [1.807, 2.05) is 0 Å². The molecule has 1 aliphatic heterocycles. The normalized spacial score (nSPS) is 26.8. The van der Waals surface area contributed by atoms with Crippen molar-refractivity contribution in [2.45, 2.75) is 44.2 Å². The van der Waals surface area contributed by atoms with E-state index < -0.39 is 0 Å². The van der Waals surface area contributed by atoms with Crippen molar-refractivity contribution in [3.05, 3.63) is 0 Å². The molecule has 1 heterocycles. The van der Waals surface area contributed by atoms with Crippen molar-refractivity contribution in [3.63, 3.8) is 0 Å². The van der Waals surface area contributed by atoms with Crippen LogP contribution < -0.4 is 10.6 Å². The first-order chi connectivity index (χ1) is 8.83. The number of nitrogens with one attached hydrogen (secondary N) is 2. The minimum atomic E-state index is 0.138. The van der Waals surface area contributed by atoms with Gasteiger partial charge in [-0.2, -0.15) is 0 Å². The maximum Gasteiger partial charge on any atom is 0.191 e. The quantitative estimate of drug-likeness (QED) is 0.494. The molecule has 0 amide bonds. The van der Waals surface area contributed by atoms with Crippen LogP contribution in [-0.2, 0) is 0 Å². The Labute approximate surface area is 110 Å². The van der Waals surface area contributed by atoms with Crippen molar-refractivity contribution >= 4 is 5.96 Å². The smallest absolute Gasteiger partial charge is 0.191 e. The van der Waals surface area contributed by atoms with Gasteiger partial charge in [-0.15, -0.1) is 0 Å². The van der Waals surface area contributed by atoms with Crippen LogP contribution in [0.3, 0.4) is 0 Å². The molecule has 0 aromatic carbocycles. The van der Waals surface area contributed by atoms with Crippen molar-refractivity contribution in [1.82, 2.24) is 15.5 Å². The first-order valence-corrected chi connectivity index (χ1v) is 7.15. The van der Waals surface area contributed by atoms with Gasteiger partial charge in [0.1, 0.15) is 0 Å². The van der Waals surface area contributed by atoms with Crippen molar-refractivity contribution in [2.24, 2.45) is 4.99 Å². The number of aliphatic hydroxyl groups is 1. The average molecular weight is 254 g/mol. The van der Waals surface area contributed by atoms with Gasteiger partial charge in [-0.25, -0.2) is 0 Å². The topological polar surface area (TPSA) is 59.9 Å². The molecule has 5 heteroatoms. The molecule has 18 heavy (non-hydrogen) atoms. The van der Waals surface area contributed by atoms with Gasteiger partial charge >= 0.3 is 0 Å². The van der Waals surface area contributed by atoms with Crippen LogP contribution in [0.4, 0.5) is 0 Å². The molecule has 1 atom stereocenters. The third-order valence-corrected chi connectivity index (χ3v) is 4.03. The van der Waals surface area contributed by atoms with Crippen molar-refractivity contribution in [2.75, 3.05) is 33.3 Å². The molecule has 2 rings (SSSR count). The molecule has 0 bridgehead atoms. The van der Waals surface area contributed by atoms with Crippen molar-refractivity contribution in [1.29, 1.82) is 0 Å². The molecular weight excluding hydrogens is 228 g/mol. The zero-order valence-corrected chi connectivity index (χ0v) is 11.4.